The Hall–Kier alpha value is -1.58. The molecule has 0 spiro atoms. The Labute approximate surface area is 156 Å². The summed E-state index contributed by atoms with van der Waals surface area (Å²) in [5.74, 6) is -0.174. The van der Waals surface area contributed by atoms with Gasteiger partial charge in [-0.25, -0.2) is 0 Å². The molecule has 24 heavy (non-hydrogen) atoms. The van der Waals surface area contributed by atoms with E-state index < -0.39 is 5.97 Å². The molecular weight excluding hydrogens is 418 g/mol. The molecule has 6 nitrogen and oxygen atoms in total. The molecule has 1 N–H and O–H groups in total. The van der Waals surface area contributed by atoms with Crippen LogP contribution in [-0.4, -0.2) is 47.0 Å². The molecule has 1 aromatic carbocycles. The number of carbonyl (C=O) groups excluding carboxylic acids is 1. The van der Waals surface area contributed by atoms with E-state index in [0.717, 1.165) is 21.8 Å². The third-order valence-electron chi connectivity index (χ3n) is 3.21. The van der Waals surface area contributed by atoms with Crippen LogP contribution in [0, 0.1) is 0 Å². The molecule has 1 aromatic rings. The lowest BCUT2D eigenvalue weighted by Gasteiger charge is -2.12. The molecule has 0 radical (unpaired) electrons. The summed E-state index contributed by atoms with van der Waals surface area (Å²) in [4.78, 5) is 24.8. The maximum atomic E-state index is 12.4. The first-order chi connectivity index (χ1) is 11.4. The standard InChI is InChI=1S/C15H14BrNO5S2/c1-21-10-5-8(9(16)7-11(10)22-2)6-12-14(20)17(15(23)24-12)4-3-13(18)19/h5-7H,3-4H2,1-2H3,(H,18,19)/b12-6-. The van der Waals surface area contributed by atoms with Crippen LogP contribution in [0.25, 0.3) is 6.08 Å². The number of carbonyl (C=O) groups is 2. The van der Waals surface area contributed by atoms with Gasteiger partial charge in [-0.1, -0.05) is 39.9 Å². The van der Waals surface area contributed by atoms with Crippen LogP contribution in [0.15, 0.2) is 21.5 Å². The number of methoxy groups -OCH3 is 2. The number of thiocarbonyl (C=S) groups is 1. The van der Waals surface area contributed by atoms with Gasteiger partial charge in [-0.15, -0.1) is 0 Å². The van der Waals surface area contributed by atoms with E-state index in [2.05, 4.69) is 15.9 Å². The van der Waals surface area contributed by atoms with Crippen molar-refractivity contribution in [1.29, 1.82) is 0 Å². The Morgan fingerprint density at radius 3 is 2.58 bits per heavy atom. The first-order valence-corrected chi connectivity index (χ1v) is 8.77. The van der Waals surface area contributed by atoms with Crippen molar-refractivity contribution in [2.24, 2.45) is 0 Å². The molecule has 0 aromatic heterocycles. The van der Waals surface area contributed by atoms with Gasteiger partial charge in [-0.05, 0) is 23.8 Å². The number of aliphatic carboxylic acids is 1. The van der Waals surface area contributed by atoms with Crippen molar-refractivity contribution in [2.45, 2.75) is 6.42 Å². The Morgan fingerprint density at radius 1 is 1.38 bits per heavy atom. The van der Waals surface area contributed by atoms with Gasteiger partial charge in [-0.3, -0.25) is 14.5 Å². The second-order valence-corrected chi connectivity index (χ2v) is 7.24. The van der Waals surface area contributed by atoms with E-state index in [1.807, 2.05) is 0 Å². The summed E-state index contributed by atoms with van der Waals surface area (Å²) in [7, 11) is 3.07. The number of hydrogen-bond donors (Lipinski definition) is 1. The Bertz CT molecular complexity index is 735. The zero-order valence-corrected chi connectivity index (χ0v) is 16.1. The summed E-state index contributed by atoms with van der Waals surface area (Å²) >= 11 is 9.74. The van der Waals surface area contributed by atoms with Crippen LogP contribution >= 0.6 is 39.9 Å². The summed E-state index contributed by atoms with van der Waals surface area (Å²) in [5, 5.41) is 8.76. The number of hydrogen-bond acceptors (Lipinski definition) is 6. The zero-order valence-electron chi connectivity index (χ0n) is 12.9. The fourth-order valence-corrected chi connectivity index (χ4v) is 3.76. The highest BCUT2D eigenvalue weighted by molar-refractivity contribution is 9.10. The summed E-state index contributed by atoms with van der Waals surface area (Å²) < 4.78 is 11.6. The quantitative estimate of drug-likeness (QED) is 0.547. The minimum absolute atomic E-state index is 0.0600. The lowest BCUT2D eigenvalue weighted by Crippen LogP contribution is -2.30. The number of halogens is 1. The average molecular weight is 432 g/mol. The van der Waals surface area contributed by atoms with Gasteiger partial charge in [0.1, 0.15) is 4.32 Å². The van der Waals surface area contributed by atoms with Crippen LogP contribution in [0.2, 0.25) is 0 Å². The van der Waals surface area contributed by atoms with Crippen molar-refractivity contribution in [3.05, 3.63) is 27.1 Å². The predicted molar refractivity (Wildman–Crippen MR) is 99.4 cm³/mol. The molecule has 1 aliphatic heterocycles. The molecule has 1 saturated heterocycles. The van der Waals surface area contributed by atoms with Crippen LogP contribution in [-0.2, 0) is 9.59 Å². The molecule has 128 valence electrons. The third-order valence-corrected chi connectivity index (χ3v) is 5.28. The first kappa shape index (κ1) is 18.8. The van der Waals surface area contributed by atoms with E-state index in [0.29, 0.717) is 20.7 Å². The highest BCUT2D eigenvalue weighted by Gasteiger charge is 2.32. The third kappa shape index (κ3) is 4.08. The zero-order chi connectivity index (χ0) is 17.9. The van der Waals surface area contributed by atoms with Crippen molar-refractivity contribution < 1.29 is 24.2 Å². The lowest BCUT2D eigenvalue weighted by atomic mass is 10.2. The van der Waals surface area contributed by atoms with Crippen molar-refractivity contribution in [3.8, 4) is 11.5 Å². The first-order valence-electron chi connectivity index (χ1n) is 6.76. The Morgan fingerprint density at radius 2 is 2.00 bits per heavy atom. The minimum Gasteiger partial charge on any atom is -0.493 e. The van der Waals surface area contributed by atoms with Crippen LogP contribution in [0.4, 0.5) is 0 Å². The van der Waals surface area contributed by atoms with Gasteiger partial charge in [-0.2, -0.15) is 0 Å². The fraction of sp³-hybridized carbons (Fsp3) is 0.267. The van der Waals surface area contributed by atoms with E-state index in [-0.39, 0.29) is 18.9 Å². The van der Waals surface area contributed by atoms with Gasteiger partial charge in [0.15, 0.2) is 11.5 Å². The molecule has 0 aliphatic carbocycles. The van der Waals surface area contributed by atoms with Gasteiger partial charge in [0.05, 0.1) is 25.5 Å². The molecule has 2 rings (SSSR count). The van der Waals surface area contributed by atoms with Gasteiger partial charge >= 0.3 is 5.97 Å². The topological polar surface area (TPSA) is 76.1 Å². The number of nitrogens with zero attached hydrogens (tertiary/aromatic N) is 1. The normalized spacial score (nSPS) is 16.0. The highest BCUT2D eigenvalue weighted by atomic mass is 79.9. The molecule has 1 heterocycles. The maximum Gasteiger partial charge on any atom is 0.305 e. The van der Waals surface area contributed by atoms with Gasteiger partial charge in [0, 0.05) is 11.0 Å². The number of ether oxygens (including phenoxy) is 2. The highest BCUT2D eigenvalue weighted by Crippen LogP contribution is 2.37. The van der Waals surface area contributed by atoms with Crippen LogP contribution in [0.5, 0.6) is 11.5 Å². The number of thioether (sulfide) groups is 1. The lowest BCUT2D eigenvalue weighted by molar-refractivity contribution is -0.137. The average Bonchev–Trinajstić information content (AvgIpc) is 2.80. The summed E-state index contributed by atoms with van der Waals surface area (Å²) in [6, 6.07) is 3.49. The Kier molecular flexibility index (Phi) is 6.25. The largest absolute Gasteiger partial charge is 0.493 e. The number of carboxylic acid groups (broad SMARTS) is 1. The summed E-state index contributed by atoms with van der Waals surface area (Å²) in [5.41, 5.74) is 0.728. The van der Waals surface area contributed by atoms with E-state index in [4.69, 9.17) is 26.8 Å². The van der Waals surface area contributed by atoms with Gasteiger partial charge < -0.3 is 14.6 Å². The van der Waals surface area contributed by atoms with E-state index >= 15 is 0 Å². The number of rotatable bonds is 6. The summed E-state index contributed by atoms with van der Waals surface area (Å²) in [6.07, 6.45) is 1.53. The van der Waals surface area contributed by atoms with Crippen molar-refractivity contribution in [3.63, 3.8) is 0 Å². The second kappa shape index (κ2) is 8.00. The van der Waals surface area contributed by atoms with Crippen molar-refractivity contribution in [1.82, 2.24) is 4.90 Å². The number of amides is 1. The van der Waals surface area contributed by atoms with E-state index in [9.17, 15) is 9.59 Å². The smallest absolute Gasteiger partial charge is 0.305 e. The monoisotopic (exact) mass is 431 g/mol. The molecule has 1 amide bonds. The minimum atomic E-state index is -0.976. The van der Waals surface area contributed by atoms with Crippen LogP contribution < -0.4 is 9.47 Å². The number of benzene rings is 1. The van der Waals surface area contributed by atoms with Gasteiger partial charge in [0.2, 0.25) is 0 Å². The molecule has 9 heteroatoms. The van der Waals surface area contributed by atoms with Crippen LogP contribution in [0.1, 0.15) is 12.0 Å². The molecular formula is C15H14BrNO5S2. The molecule has 0 bridgehead atoms. The molecule has 1 aliphatic rings. The Balaban J connectivity index is 2.30. The molecule has 0 unspecified atom stereocenters. The van der Waals surface area contributed by atoms with Crippen molar-refractivity contribution in [2.75, 3.05) is 20.8 Å². The van der Waals surface area contributed by atoms with E-state index in [1.54, 1.807) is 18.2 Å². The van der Waals surface area contributed by atoms with Crippen LogP contribution in [0.3, 0.4) is 0 Å². The molecule has 0 saturated carbocycles. The second-order valence-electron chi connectivity index (χ2n) is 4.71. The van der Waals surface area contributed by atoms with Crippen molar-refractivity contribution >= 4 is 62.2 Å². The van der Waals surface area contributed by atoms with Gasteiger partial charge in [0.25, 0.3) is 5.91 Å². The SMILES string of the molecule is COc1cc(Br)c(/C=C2\SC(=S)N(CCC(=O)O)C2=O)cc1OC. The number of carboxylic acids is 1. The predicted octanol–water partition coefficient (Wildman–Crippen LogP) is 3.14. The maximum absolute atomic E-state index is 12.4. The van der Waals surface area contributed by atoms with E-state index in [1.165, 1.54) is 19.1 Å². The molecule has 0 atom stereocenters. The molecule has 1 fully saturated rings. The fourth-order valence-electron chi connectivity index (χ4n) is 2.02. The summed E-state index contributed by atoms with van der Waals surface area (Å²) in [6.45, 7) is 0.0600.